The van der Waals surface area contributed by atoms with Gasteiger partial charge in [0.2, 0.25) is 0 Å². The number of rotatable bonds is 5. The van der Waals surface area contributed by atoms with Crippen LogP contribution < -0.4 is 10.6 Å². The number of hydrogen-bond acceptors (Lipinski definition) is 2. The van der Waals surface area contributed by atoms with Crippen LogP contribution >= 0.6 is 11.6 Å². The molecule has 23 heavy (non-hydrogen) atoms. The summed E-state index contributed by atoms with van der Waals surface area (Å²) >= 11 is 5.80. The average molecular weight is 341 g/mol. The summed E-state index contributed by atoms with van der Waals surface area (Å²) in [6.45, 7) is 7.69. The second kappa shape index (κ2) is 7.63. The molecule has 1 amide bonds. The maximum atomic E-state index is 13.3. The van der Waals surface area contributed by atoms with Gasteiger partial charge in [-0.25, -0.2) is 4.39 Å². The highest BCUT2D eigenvalue weighted by molar-refractivity contribution is 6.31. The Hall–Kier alpha value is -1.13. The van der Waals surface area contributed by atoms with Gasteiger partial charge in [0.05, 0.1) is 0 Å². The molecule has 1 aliphatic carbocycles. The highest BCUT2D eigenvalue weighted by Crippen LogP contribution is 2.22. The lowest BCUT2D eigenvalue weighted by Crippen LogP contribution is -2.35. The molecule has 0 aliphatic heterocycles. The first kappa shape index (κ1) is 18.2. The zero-order valence-corrected chi connectivity index (χ0v) is 14.8. The molecule has 2 rings (SSSR count). The molecule has 0 bridgehead atoms. The normalized spacial score (nSPS) is 21.4. The number of hydrogen-bond donors (Lipinski definition) is 2. The van der Waals surface area contributed by atoms with E-state index in [0.717, 1.165) is 32.2 Å². The van der Waals surface area contributed by atoms with E-state index in [1.807, 2.05) is 0 Å². The van der Waals surface area contributed by atoms with Crippen LogP contribution in [0.15, 0.2) is 18.2 Å². The number of amides is 1. The topological polar surface area (TPSA) is 41.1 Å². The van der Waals surface area contributed by atoms with Gasteiger partial charge in [0.25, 0.3) is 5.91 Å². The van der Waals surface area contributed by atoms with Crippen LogP contribution in [0.1, 0.15) is 56.8 Å². The van der Waals surface area contributed by atoms with Crippen LogP contribution in [0.25, 0.3) is 0 Å². The molecule has 2 atom stereocenters. The minimum atomic E-state index is -0.490. The lowest BCUT2D eigenvalue weighted by atomic mass is 9.92. The fourth-order valence-corrected chi connectivity index (χ4v) is 3.12. The Bertz CT molecular complexity index is 536. The summed E-state index contributed by atoms with van der Waals surface area (Å²) in [5.74, 6) is -0.748. The molecule has 1 aliphatic rings. The minimum absolute atomic E-state index is 0.136. The first-order chi connectivity index (χ1) is 10.7. The van der Waals surface area contributed by atoms with E-state index in [1.54, 1.807) is 0 Å². The van der Waals surface area contributed by atoms with Crippen molar-refractivity contribution in [3.8, 4) is 0 Å². The van der Waals surface area contributed by atoms with Gasteiger partial charge < -0.3 is 10.6 Å². The quantitative estimate of drug-likeness (QED) is 0.845. The van der Waals surface area contributed by atoms with Crippen LogP contribution in [0.5, 0.6) is 0 Å². The van der Waals surface area contributed by atoms with Gasteiger partial charge in [-0.2, -0.15) is 0 Å². The van der Waals surface area contributed by atoms with E-state index in [4.69, 9.17) is 11.6 Å². The van der Waals surface area contributed by atoms with Crippen molar-refractivity contribution < 1.29 is 9.18 Å². The molecule has 1 saturated carbocycles. The van der Waals surface area contributed by atoms with E-state index < -0.39 is 5.82 Å². The molecular weight excluding hydrogens is 315 g/mol. The van der Waals surface area contributed by atoms with Crippen molar-refractivity contribution in [1.29, 1.82) is 0 Å². The first-order valence-electron chi connectivity index (χ1n) is 8.23. The molecule has 1 aromatic carbocycles. The van der Waals surface area contributed by atoms with E-state index in [-0.39, 0.29) is 22.5 Å². The van der Waals surface area contributed by atoms with Gasteiger partial charge in [-0.15, -0.1) is 0 Å². The van der Waals surface area contributed by atoms with Gasteiger partial charge in [0, 0.05) is 22.7 Å². The van der Waals surface area contributed by atoms with Crippen LogP contribution in [0, 0.1) is 11.2 Å². The van der Waals surface area contributed by atoms with Gasteiger partial charge in [-0.3, -0.25) is 4.79 Å². The Morgan fingerprint density at radius 2 is 1.96 bits per heavy atom. The maximum Gasteiger partial charge on any atom is 0.251 e. The number of benzene rings is 1. The highest BCUT2D eigenvalue weighted by atomic mass is 35.5. The van der Waals surface area contributed by atoms with Crippen LogP contribution in [0.3, 0.4) is 0 Å². The molecule has 0 aromatic heterocycles. The van der Waals surface area contributed by atoms with E-state index >= 15 is 0 Å². The second-order valence-corrected chi connectivity index (χ2v) is 8.04. The van der Waals surface area contributed by atoms with E-state index in [1.165, 1.54) is 18.2 Å². The van der Waals surface area contributed by atoms with Gasteiger partial charge in [0.1, 0.15) is 5.82 Å². The van der Waals surface area contributed by atoms with Crippen LogP contribution in [-0.4, -0.2) is 24.5 Å². The van der Waals surface area contributed by atoms with Crippen LogP contribution in [-0.2, 0) is 0 Å². The lowest BCUT2D eigenvalue weighted by molar-refractivity contribution is 0.0937. The molecule has 5 heteroatoms. The standard InChI is InChI=1S/C18H26ClFN2O/c1-18(2,3)6-7-21-15-4-5-16(11-15)22-17(23)12-8-13(19)10-14(20)9-12/h8-10,15-16,21H,4-7,11H2,1-3H3,(H,22,23)/t15-,16-/m0/s1. The zero-order chi connectivity index (χ0) is 17.0. The molecule has 0 radical (unpaired) electrons. The third-order valence-electron chi connectivity index (χ3n) is 4.20. The Kier molecular flexibility index (Phi) is 6.04. The summed E-state index contributed by atoms with van der Waals surface area (Å²) in [5.41, 5.74) is 0.606. The van der Waals surface area contributed by atoms with Crippen molar-refractivity contribution in [3.63, 3.8) is 0 Å². The smallest absolute Gasteiger partial charge is 0.251 e. The maximum absolute atomic E-state index is 13.3. The Labute approximate surface area is 143 Å². The van der Waals surface area contributed by atoms with Gasteiger partial charge in [-0.1, -0.05) is 32.4 Å². The third-order valence-corrected chi connectivity index (χ3v) is 4.42. The van der Waals surface area contributed by atoms with Crippen LogP contribution in [0.4, 0.5) is 4.39 Å². The number of nitrogens with one attached hydrogen (secondary N) is 2. The lowest BCUT2D eigenvalue weighted by Gasteiger charge is -2.20. The van der Waals surface area contributed by atoms with Gasteiger partial charge in [0.15, 0.2) is 0 Å². The summed E-state index contributed by atoms with van der Waals surface area (Å²) in [5, 5.41) is 6.79. The molecule has 2 N–H and O–H groups in total. The molecule has 1 fully saturated rings. The molecule has 0 unspecified atom stereocenters. The second-order valence-electron chi connectivity index (χ2n) is 7.60. The van der Waals surface area contributed by atoms with Crippen molar-refractivity contribution in [2.24, 2.45) is 5.41 Å². The Morgan fingerprint density at radius 1 is 1.26 bits per heavy atom. The number of halogens is 2. The monoisotopic (exact) mass is 340 g/mol. The minimum Gasteiger partial charge on any atom is -0.349 e. The summed E-state index contributed by atoms with van der Waals surface area (Å²) in [6, 6.07) is 4.49. The fourth-order valence-electron chi connectivity index (χ4n) is 2.90. The van der Waals surface area contributed by atoms with E-state index in [2.05, 4.69) is 31.4 Å². The number of carbonyl (C=O) groups is 1. The van der Waals surface area contributed by atoms with Gasteiger partial charge >= 0.3 is 0 Å². The molecule has 128 valence electrons. The molecule has 3 nitrogen and oxygen atoms in total. The third kappa shape index (κ3) is 6.11. The zero-order valence-electron chi connectivity index (χ0n) is 14.1. The molecule has 0 saturated heterocycles. The Balaban J connectivity index is 1.80. The number of carbonyl (C=O) groups excluding carboxylic acids is 1. The largest absolute Gasteiger partial charge is 0.349 e. The predicted octanol–water partition coefficient (Wildman–Crippen LogP) is 4.16. The van der Waals surface area contributed by atoms with E-state index in [0.29, 0.717) is 11.5 Å². The summed E-state index contributed by atoms with van der Waals surface area (Å²) < 4.78 is 13.3. The van der Waals surface area contributed by atoms with E-state index in [9.17, 15) is 9.18 Å². The first-order valence-corrected chi connectivity index (χ1v) is 8.61. The summed E-state index contributed by atoms with van der Waals surface area (Å²) in [6.07, 6.45) is 4.04. The van der Waals surface area contributed by atoms with Crippen molar-refractivity contribution >= 4 is 17.5 Å². The molecule has 0 spiro atoms. The molecule has 1 aromatic rings. The molecule has 0 heterocycles. The average Bonchev–Trinajstić information content (AvgIpc) is 2.83. The summed E-state index contributed by atoms with van der Waals surface area (Å²) in [7, 11) is 0. The van der Waals surface area contributed by atoms with Crippen molar-refractivity contribution in [3.05, 3.63) is 34.6 Å². The predicted molar refractivity (Wildman–Crippen MR) is 92.4 cm³/mol. The SMILES string of the molecule is CC(C)(C)CCN[C@H]1CC[C@H](NC(=O)c2cc(F)cc(Cl)c2)C1. The van der Waals surface area contributed by atoms with Gasteiger partial charge in [-0.05, 0) is 55.8 Å². The highest BCUT2D eigenvalue weighted by Gasteiger charge is 2.26. The Morgan fingerprint density at radius 3 is 2.61 bits per heavy atom. The van der Waals surface area contributed by atoms with Crippen molar-refractivity contribution in [2.75, 3.05) is 6.54 Å². The molecular formula is C18H26ClFN2O. The van der Waals surface area contributed by atoms with Crippen molar-refractivity contribution in [1.82, 2.24) is 10.6 Å². The van der Waals surface area contributed by atoms with Crippen LogP contribution in [0.2, 0.25) is 5.02 Å². The summed E-state index contributed by atoms with van der Waals surface area (Å²) in [4.78, 5) is 12.2. The fraction of sp³-hybridized carbons (Fsp3) is 0.611. The van der Waals surface area contributed by atoms with Crippen molar-refractivity contribution in [2.45, 2.75) is 58.5 Å².